The number of benzene rings is 3. The third kappa shape index (κ3) is 2.54. The molecule has 1 heterocycles. The number of hydrazone groups is 1. The van der Waals surface area contributed by atoms with E-state index in [2.05, 4.69) is 5.10 Å². The fourth-order valence-corrected chi connectivity index (χ4v) is 3.37. The summed E-state index contributed by atoms with van der Waals surface area (Å²) in [7, 11) is 1.62. The van der Waals surface area contributed by atoms with Crippen LogP contribution in [0.1, 0.15) is 22.3 Å². The van der Waals surface area contributed by atoms with E-state index in [0.717, 1.165) is 21.9 Å². The molecule has 0 atom stereocenters. The minimum Gasteiger partial charge on any atom is -0.478 e. The van der Waals surface area contributed by atoms with E-state index in [1.807, 2.05) is 54.6 Å². The van der Waals surface area contributed by atoms with Gasteiger partial charge >= 0.3 is 5.97 Å². The number of carboxylic acid groups (broad SMARTS) is 1. The van der Waals surface area contributed by atoms with Crippen molar-refractivity contribution in [2.24, 2.45) is 5.10 Å². The zero-order valence-electron chi connectivity index (χ0n) is 14.1. The molecule has 3 aromatic rings. The Morgan fingerprint density at radius 3 is 2.38 bits per heavy atom. The number of hydrogen-bond donors (Lipinski definition) is 1. The van der Waals surface area contributed by atoms with Crippen LogP contribution in [0.2, 0.25) is 0 Å². The molecule has 1 aliphatic heterocycles. The van der Waals surface area contributed by atoms with Gasteiger partial charge in [-0.15, -0.1) is 0 Å². The summed E-state index contributed by atoms with van der Waals surface area (Å²) in [6.07, 6.45) is 0.209. The molecule has 1 amide bonds. The highest BCUT2D eigenvalue weighted by molar-refractivity contribution is 6.19. The topological polar surface area (TPSA) is 70.0 Å². The molecule has 0 aliphatic carbocycles. The molecule has 3 aromatic carbocycles. The molecule has 4 rings (SSSR count). The van der Waals surface area contributed by atoms with Crippen molar-refractivity contribution in [1.29, 1.82) is 0 Å². The number of carbonyl (C=O) groups is 2. The smallest absolute Gasteiger partial charge is 0.336 e. The summed E-state index contributed by atoms with van der Waals surface area (Å²) in [6, 6.07) is 18.6. The lowest BCUT2D eigenvalue weighted by molar-refractivity contribution is -0.127. The van der Waals surface area contributed by atoms with Crippen LogP contribution >= 0.6 is 0 Å². The molecular formula is C21H16N2O3. The Balaban J connectivity index is 2.03. The van der Waals surface area contributed by atoms with Gasteiger partial charge in [-0.25, -0.2) is 9.80 Å². The van der Waals surface area contributed by atoms with Crippen molar-refractivity contribution < 1.29 is 14.7 Å². The Morgan fingerprint density at radius 2 is 1.69 bits per heavy atom. The maximum absolute atomic E-state index is 11.9. The predicted molar refractivity (Wildman–Crippen MR) is 100 cm³/mol. The number of amides is 1. The first-order valence-electron chi connectivity index (χ1n) is 8.25. The molecule has 0 saturated carbocycles. The maximum Gasteiger partial charge on any atom is 0.336 e. The van der Waals surface area contributed by atoms with Gasteiger partial charge in [0.15, 0.2) is 0 Å². The number of nitrogens with zero attached hydrogens (tertiary/aromatic N) is 2. The van der Waals surface area contributed by atoms with E-state index in [1.165, 1.54) is 5.01 Å². The van der Waals surface area contributed by atoms with Crippen LogP contribution in [0.15, 0.2) is 65.8 Å². The van der Waals surface area contributed by atoms with Crippen molar-refractivity contribution in [3.8, 4) is 11.1 Å². The van der Waals surface area contributed by atoms with Crippen LogP contribution in [-0.2, 0) is 4.79 Å². The van der Waals surface area contributed by atoms with Crippen LogP contribution in [-0.4, -0.2) is 34.8 Å². The lowest BCUT2D eigenvalue weighted by Crippen LogP contribution is -2.14. The summed E-state index contributed by atoms with van der Waals surface area (Å²) < 4.78 is 0. The lowest BCUT2D eigenvalue weighted by Gasteiger charge is -2.14. The van der Waals surface area contributed by atoms with Crippen LogP contribution in [0.25, 0.3) is 21.9 Å². The molecule has 0 aromatic heterocycles. The molecule has 128 valence electrons. The third-order valence-electron chi connectivity index (χ3n) is 4.62. The van der Waals surface area contributed by atoms with Crippen LogP contribution in [0.3, 0.4) is 0 Å². The zero-order valence-corrected chi connectivity index (χ0v) is 14.1. The van der Waals surface area contributed by atoms with Crippen molar-refractivity contribution in [2.75, 3.05) is 7.05 Å². The number of carboxylic acids is 1. The van der Waals surface area contributed by atoms with Crippen molar-refractivity contribution in [1.82, 2.24) is 5.01 Å². The van der Waals surface area contributed by atoms with Crippen LogP contribution in [0, 0.1) is 0 Å². The Labute approximate surface area is 150 Å². The molecule has 0 radical (unpaired) electrons. The Bertz CT molecular complexity index is 1090. The monoisotopic (exact) mass is 344 g/mol. The summed E-state index contributed by atoms with van der Waals surface area (Å²) in [5, 5.41) is 17.2. The van der Waals surface area contributed by atoms with E-state index in [9.17, 15) is 14.7 Å². The van der Waals surface area contributed by atoms with Crippen molar-refractivity contribution in [3.63, 3.8) is 0 Å². The molecule has 1 aliphatic rings. The second-order valence-corrected chi connectivity index (χ2v) is 6.20. The van der Waals surface area contributed by atoms with Gasteiger partial charge in [0.2, 0.25) is 5.91 Å². The van der Waals surface area contributed by atoms with Crippen molar-refractivity contribution >= 4 is 28.4 Å². The lowest BCUT2D eigenvalue weighted by atomic mass is 9.88. The van der Waals surface area contributed by atoms with E-state index >= 15 is 0 Å². The van der Waals surface area contributed by atoms with Gasteiger partial charge in [0.05, 0.1) is 17.7 Å². The van der Waals surface area contributed by atoms with Gasteiger partial charge in [-0.1, -0.05) is 54.6 Å². The summed E-state index contributed by atoms with van der Waals surface area (Å²) >= 11 is 0. The minimum absolute atomic E-state index is 0.0776. The number of rotatable bonds is 3. The van der Waals surface area contributed by atoms with Gasteiger partial charge in [-0.3, -0.25) is 4.79 Å². The third-order valence-corrected chi connectivity index (χ3v) is 4.62. The predicted octanol–water partition coefficient (Wildman–Crippen LogP) is 3.77. The second kappa shape index (κ2) is 6.11. The van der Waals surface area contributed by atoms with Crippen molar-refractivity contribution in [2.45, 2.75) is 6.42 Å². The maximum atomic E-state index is 11.9. The molecule has 1 N–H and O–H groups in total. The second-order valence-electron chi connectivity index (χ2n) is 6.20. The SMILES string of the molecule is CN1N=C(c2ccccc2-c2c(C(=O)O)ccc3ccccc23)CC1=O. The molecule has 5 heteroatoms. The zero-order chi connectivity index (χ0) is 18.3. The fourth-order valence-electron chi connectivity index (χ4n) is 3.37. The summed E-state index contributed by atoms with van der Waals surface area (Å²) in [4.78, 5) is 23.8. The molecule has 0 unspecified atom stereocenters. The van der Waals surface area contributed by atoms with Crippen LogP contribution in [0.4, 0.5) is 0 Å². The van der Waals surface area contributed by atoms with Gasteiger partial charge < -0.3 is 5.11 Å². The van der Waals surface area contributed by atoms with Gasteiger partial charge in [-0.2, -0.15) is 5.10 Å². The van der Waals surface area contributed by atoms with E-state index in [-0.39, 0.29) is 17.9 Å². The average Bonchev–Trinajstić information content (AvgIpc) is 2.99. The van der Waals surface area contributed by atoms with E-state index < -0.39 is 5.97 Å². The minimum atomic E-state index is -0.984. The first-order chi connectivity index (χ1) is 12.6. The Kier molecular flexibility index (Phi) is 3.77. The molecule has 5 nitrogen and oxygen atoms in total. The highest BCUT2D eigenvalue weighted by Crippen LogP contribution is 2.35. The highest BCUT2D eigenvalue weighted by Gasteiger charge is 2.25. The Morgan fingerprint density at radius 1 is 1.00 bits per heavy atom. The molecule has 0 bridgehead atoms. The standard InChI is InChI=1S/C21H16N2O3/c1-23-19(24)12-18(22-23)15-8-4-5-9-16(15)20-14-7-3-2-6-13(14)10-11-17(20)21(25)26/h2-11H,12H2,1H3,(H,25,26). The first-order valence-corrected chi connectivity index (χ1v) is 8.25. The van der Waals surface area contributed by atoms with Gasteiger partial charge in [0.1, 0.15) is 0 Å². The summed E-state index contributed by atoms with van der Waals surface area (Å²) in [5.74, 6) is -1.06. The average molecular weight is 344 g/mol. The first kappa shape index (κ1) is 16.0. The van der Waals surface area contributed by atoms with Crippen molar-refractivity contribution in [3.05, 3.63) is 71.8 Å². The van der Waals surface area contributed by atoms with Crippen LogP contribution in [0.5, 0.6) is 0 Å². The molecule has 0 fully saturated rings. The molecule has 0 saturated heterocycles. The number of hydrogen-bond acceptors (Lipinski definition) is 3. The Hall–Kier alpha value is -3.47. The number of fused-ring (bicyclic) bond motifs is 1. The number of aromatic carboxylic acids is 1. The quantitative estimate of drug-likeness (QED) is 0.786. The number of carbonyl (C=O) groups excluding carboxylic acids is 1. The van der Waals surface area contributed by atoms with Gasteiger partial charge in [0, 0.05) is 18.2 Å². The molecule has 26 heavy (non-hydrogen) atoms. The van der Waals surface area contributed by atoms with Crippen LogP contribution < -0.4 is 0 Å². The molecular weight excluding hydrogens is 328 g/mol. The van der Waals surface area contributed by atoms with Gasteiger partial charge in [0.25, 0.3) is 0 Å². The highest BCUT2D eigenvalue weighted by atomic mass is 16.4. The van der Waals surface area contributed by atoms with E-state index in [4.69, 9.17) is 0 Å². The summed E-state index contributed by atoms with van der Waals surface area (Å²) in [5.41, 5.74) is 3.08. The summed E-state index contributed by atoms with van der Waals surface area (Å²) in [6.45, 7) is 0. The van der Waals surface area contributed by atoms with E-state index in [1.54, 1.807) is 13.1 Å². The normalized spacial score (nSPS) is 14.0. The van der Waals surface area contributed by atoms with E-state index in [0.29, 0.717) is 11.3 Å². The fraction of sp³-hybridized carbons (Fsp3) is 0.0952. The van der Waals surface area contributed by atoms with Gasteiger partial charge in [-0.05, 0) is 22.4 Å². The largest absolute Gasteiger partial charge is 0.478 e. The molecule has 0 spiro atoms.